The van der Waals surface area contributed by atoms with E-state index in [1.54, 1.807) is 0 Å². The second-order valence-electron chi connectivity index (χ2n) is 8.39. The molecule has 1 aromatic carbocycles. The van der Waals surface area contributed by atoms with Crippen LogP contribution in [0.3, 0.4) is 0 Å². The molecule has 0 spiro atoms. The zero-order valence-electron chi connectivity index (χ0n) is 18.7. The van der Waals surface area contributed by atoms with E-state index < -0.39 is 5.79 Å². The van der Waals surface area contributed by atoms with Gasteiger partial charge in [0.25, 0.3) is 0 Å². The number of halogens is 1. The molecule has 1 aromatic heterocycles. The Morgan fingerprint density at radius 3 is 2.61 bits per heavy atom. The fourth-order valence-electron chi connectivity index (χ4n) is 3.80. The number of hydrogen-bond donors (Lipinski definition) is 1. The fraction of sp³-hybridized carbons (Fsp3) is 0.583. The molecule has 7 heteroatoms. The highest BCUT2D eigenvalue weighted by atomic mass is 35.5. The van der Waals surface area contributed by atoms with Crippen LogP contribution in [-0.2, 0) is 26.5 Å². The zero-order valence-corrected chi connectivity index (χ0v) is 20.3. The molecule has 5 nitrogen and oxygen atoms in total. The lowest BCUT2D eigenvalue weighted by Crippen LogP contribution is -2.24. The number of unbranched alkanes of at least 4 members (excludes halogenated alkanes) is 5. The van der Waals surface area contributed by atoms with Crippen molar-refractivity contribution in [3.05, 3.63) is 46.1 Å². The monoisotopic (exact) mass is 464 g/mol. The largest absolute Gasteiger partial charge is 0.343 e. The first-order valence-corrected chi connectivity index (χ1v) is 12.4. The van der Waals surface area contributed by atoms with Gasteiger partial charge in [0.15, 0.2) is 5.79 Å². The molecule has 1 N–H and O–H groups in total. The molecule has 0 radical (unpaired) electrons. The van der Waals surface area contributed by atoms with Crippen molar-refractivity contribution in [3.63, 3.8) is 0 Å². The van der Waals surface area contributed by atoms with Crippen molar-refractivity contribution in [2.75, 3.05) is 11.9 Å². The van der Waals surface area contributed by atoms with Gasteiger partial charge in [0.2, 0.25) is 5.91 Å². The molecule has 2 heterocycles. The molecule has 3 rings (SSSR count). The molecule has 0 aliphatic carbocycles. The Labute approximate surface area is 194 Å². The van der Waals surface area contributed by atoms with Gasteiger partial charge in [-0.15, -0.1) is 0 Å². The molecular formula is C24H33ClN2O3S. The topological polar surface area (TPSA) is 60.5 Å². The van der Waals surface area contributed by atoms with Gasteiger partial charge in [0.1, 0.15) is 5.00 Å². The number of nitrogens with one attached hydrogen (secondary N) is 1. The van der Waals surface area contributed by atoms with Crippen molar-refractivity contribution in [2.24, 2.45) is 0 Å². The Morgan fingerprint density at radius 2 is 1.94 bits per heavy atom. The number of anilines is 1. The number of rotatable bonds is 11. The van der Waals surface area contributed by atoms with Gasteiger partial charge in [-0.3, -0.25) is 4.79 Å². The molecule has 2 atom stereocenters. The summed E-state index contributed by atoms with van der Waals surface area (Å²) in [4.78, 5) is 12.3. The van der Waals surface area contributed by atoms with E-state index in [0.29, 0.717) is 16.6 Å². The lowest BCUT2D eigenvalue weighted by Gasteiger charge is -2.24. The van der Waals surface area contributed by atoms with Crippen molar-refractivity contribution < 1.29 is 14.3 Å². The molecule has 2 aromatic rings. The van der Waals surface area contributed by atoms with Crippen molar-refractivity contribution in [1.82, 2.24) is 4.37 Å². The lowest BCUT2D eigenvalue weighted by molar-refractivity contribution is -0.162. The van der Waals surface area contributed by atoms with Crippen LogP contribution in [0, 0.1) is 6.92 Å². The Kier molecular flexibility index (Phi) is 8.90. The number of aryl methyl sites for hydroxylation is 1. The van der Waals surface area contributed by atoms with E-state index in [2.05, 4.69) is 16.6 Å². The van der Waals surface area contributed by atoms with E-state index in [-0.39, 0.29) is 18.4 Å². The average molecular weight is 465 g/mol. The standard InChI is InChI=1S/C24H33ClN2O3S/c1-4-5-6-7-8-9-10-20-16-29-24(3,30-20)19-13-11-18(12-14-19)15-21(28)26-23-22(25)17(2)27-31-23/h11-14,20H,4-10,15-16H2,1-3H3,(H,26,28). The van der Waals surface area contributed by atoms with E-state index in [1.807, 2.05) is 38.1 Å². The highest BCUT2D eigenvalue weighted by Crippen LogP contribution is 2.35. The van der Waals surface area contributed by atoms with Crippen LogP contribution >= 0.6 is 23.1 Å². The number of amides is 1. The van der Waals surface area contributed by atoms with Crippen LogP contribution in [0.4, 0.5) is 5.00 Å². The molecule has 31 heavy (non-hydrogen) atoms. The predicted molar refractivity (Wildman–Crippen MR) is 127 cm³/mol. The maximum absolute atomic E-state index is 12.3. The van der Waals surface area contributed by atoms with E-state index >= 15 is 0 Å². The van der Waals surface area contributed by atoms with Gasteiger partial charge >= 0.3 is 0 Å². The van der Waals surface area contributed by atoms with Crippen LogP contribution in [0.2, 0.25) is 5.02 Å². The second kappa shape index (κ2) is 11.4. The normalized spacial score (nSPS) is 20.8. The molecule has 0 bridgehead atoms. The smallest absolute Gasteiger partial charge is 0.229 e. The summed E-state index contributed by atoms with van der Waals surface area (Å²) in [6, 6.07) is 7.88. The van der Waals surface area contributed by atoms with E-state index in [4.69, 9.17) is 21.1 Å². The first-order chi connectivity index (χ1) is 14.9. The third-order valence-electron chi connectivity index (χ3n) is 5.70. The summed E-state index contributed by atoms with van der Waals surface area (Å²) in [7, 11) is 0. The minimum Gasteiger partial charge on any atom is -0.343 e. The predicted octanol–water partition coefficient (Wildman–Crippen LogP) is 6.62. The molecule has 1 saturated heterocycles. The number of aromatic nitrogens is 1. The molecule has 1 aliphatic heterocycles. The highest BCUT2D eigenvalue weighted by molar-refractivity contribution is 7.11. The summed E-state index contributed by atoms with van der Waals surface area (Å²) in [5.41, 5.74) is 2.62. The highest BCUT2D eigenvalue weighted by Gasteiger charge is 2.38. The number of nitrogens with zero attached hydrogens (tertiary/aromatic N) is 1. The minimum absolute atomic E-state index is 0.114. The first-order valence-electron chi connectivity index (χ1n) is 11.2. The third kappa shape index (κ3) is 6.75. The number of carbonyl (C=O) groups excluding carboxylic acids is 1. The third-order valence-corrected chi connectivity index (χ3v) is 7.13. The summed E-state index contributed by atoms with van der Waals surface area (Å²) < 4.78 is 16.4. The van der Waals surface area contributed by atoms with E-state index in [1.165, 1.54) is 50.1 Å². The maximum Gasteiger partial charge on any atom is 0.229 e. The molecular weight excluding hydrogens is 432 g/mol. The summed E-state index contributed by atoms with van der Waals surface area (Å²) in [6.07, 6.45) is 9.16. The van der Waals surface area contributed by atoms with E-state index in [9.17, 15) is 4.79 Å². The number of benzene rings is 1. The first kappa shape index (κ1) is 24.2. The molecule has 1 aliphatic rings. The number of hydrogen-bond acceptors (Lipinski definition) is 5. The summed E-state index contributed by atoms with van der Waals surface area (Å²) in [6.45, 7) is 6.67. The Hall–Kier alpha value is -1.47. The Morgan fingerprint density at radius 1 is 1.23 bits per heavy atom. The molecule has 1 amide bonds. The van der Waals surface area contributed by atoms with Crippen molar-refractivity contribution in [3.8, 4) is 0 Å². The van der Waals surface area contributed by atoms with Crippen LogP contribution in [0.1, 0.15) is 75.6 Å². The quantitative estimate of drug-likeness (QED) is 0.379. The van der Waals surface area contributed by atoms with Gasteiger partial charge in [-0.05, 0) is 37.4 Å². The van der Waals surface area contributed by atoms with Crippen molar-refractivity contribution in [1.29, 1.82) is 0 Å². The van der Waals surface area contributed by atoms with Crippen molar-refractivity contribution >= 4 is 34.0 Å². The molecule has 1 fully saturated rings. The van der Waals surface area contributed by atoms with Gasteiger partial charge in [-0.1, -0.05) is 81.3 Å². The molecule has 2 unspecified atom stereocenters. The number of carbonyl (C=O) groups is 1. The summed E-state index contributed by atoms with van der Waals surface area (Å²) in [5, 5.41) is 3.94. The summed E-state index contributed by atoms with van der Waals surface area (Å²) >= 11 is 7.34. The van der Waals surface area contributed by atoms with Gasteiger partial charge in [0, 0.05) is 5.56 Å². The second-order valence-corrected chi connectivity index (χ2v) is 9.54. The SMILES string of the molecule is CCCCCCCCC1COC(C)(c2ccc(CC(=O)Nc3snc(C)c3Cl)cc2)O1. The fourth-order valence-corrected chi connectivity index (χ4v) is 4.75. The molecule has 0 saturated carbocycles. The Bertz CT molecular complexity index is 855. The average Bonchev–Trinajstić information content (AvgIpc) is 3.29. The van der Waals surface area contributed by atoms with Crippen LogP contribution in [0.25, 0.3) is 0 Å². The zero-order chi connectivity index (χ0) is 22.3. The van der Waals surface area contributed by atoms with Gasteiger partial charge in [-0.25, -0.2) is 0 Å². The molecule has 170 valence electrons. The van der Waals surface area contributed by atoms with Gasteiger partial charge in [0.05, 0.1) is 29.8 Å². The summed E-state index contributed by atoms with van der Waals surface area (Å²) in [5.74, 6) is -0.835. The van der Waals surface area contributed by atoms with Crippen LogP contribution in [-0.4, -0.2) is 23.0 Å². The van der Waals surface area contributed by atoms with Crippen LogP contribution in [0.5, 0.6) is 0 Å². The Balaban J connectivity index is 1.47. The van der Waals surface area contributed by atoms with Crippen molar-refractivity contribution in [2.45, 2.75) is 84.0 Å². The van der Waals surface area contributed by atoms with Gasteiger partial charge in [-0.2, -0.15) is 4.37 Å². The number of ether oxygens (including phenoxy) is 2. The van der Waals surface area contributed by atoms with Crippen LogP contribution in [0.15, 0.2) is 24.3 Å². The van der Waals surface area contributed by atoms with E-state index in [0.717, 1.165) is 23.2 Å². The minimum atomic E-state index is -0.721. The maximum atomic E-state index is 12.3. The van der Waals surface area contributed by atoms with Crippen LogP contribution < -0.4 is 5.32 Å². The lowest BCUT2D eigenvalue weighted by atomic mass is 10.0. The van der Waals surface area contributed by atoms with Gasteiger partial charge < -0.3 is 14.8 Å².